The van der Waals surface area contributed by atoms with Crippen molar-refractivity contribution in [2.75, 3.05) is 0 Å². The summed E-state index contributed by atoms with van der Waals surface area (Å²) in [6.45, 7) is 3.76. The van der Waals surface area contributed by atoms with Crippen LogP contribution < -0.4 is 0 Å². The first kappa shape index (κ1) is 18.0. The molecule has 20 heavy (non-hydrogen) atoms. The van der Waals surface area contributed by atoms with Crippen molar-refractivity contribution in [2.24, 2.45) is 5.41 Å². The molecular formula is C12H18O8. The average molecular weight is 290 g/mol. The number of esters is 2. The fourth-order valence-corrected chi connectivity index (χ4v) is 2.19. The quantitative estimate of drug-likeness (QED) is 0.445. The molecule has 1 atom stereocenters. The minimum atomic E-state index is -2.87. The van der Waals surface area contributed by atoms with Crippen LogP contribution in [0.2, 0.25) is 0 Å². The molecule has 3 N–H and O–H groups in total. The van der Waals surface area contributed by atoms with Crippen molar-refractivity contribution in [3.8, 4) is 0 Å². The maximum absolute atomic E-state index is 12.0. The summed E-state index contributed by atoms with van der Waals surface area (Å²) < 4.78 is 4.38. The molecule has 0 rings (SSSR count). The highest BCUT2D eigenvalue weighted by Crippen LogP contribution is 2.42. The molecule has 8 nitrogen and oxygen atoms in total. The number of carboxylic acid groups (broad SMARTS) is 2. The highest BCUT2D eigenvalue weighted by atomic mass is 16.6. The summed E-state index contributed by atoms with van der Waals surface area (Å²) in [6.07, 6.45) is -1.59. The molecule has 0 heterocycles. The maximum Gasteiger partial charge on any atom is 0.337 e. The standard InChI is InChI=1S/C12H18O8/c1-4-11(5-2,10(18)20-7(3)13)12(19,9(16)17)6-8(14)15/h19H,4-6H2,1-3H3,(H,14,15)(H,16,17). The Balaban J connectivity index is 5.93. The van der Waals surface area contributed by atoms with Crippen LogP contribution in [-0.2, 0) is 23.9 Å². The molecule has 0 bridgehead atoms. The zero-order valence-electron chi connectivity index (χ0n) is 11.5. The van der Waals surface area contributed by atoms with E-state index in [-0.39, 0.29) is 12.8 Å². The Kier molecular flexibility index (Phi) is 5.83. The minimum absolute atomic E-state index is 0.203. The van der Waals surface area contributed by atoms with Gasteiger partial charge >= 0.3 is 23.9 Å². The first-order valence-electron chi connectivity index (χ1n) is 5.97. The molecule has 0 amide bonds. The van der Waals surface area contributed by atoms with E-state index in [9.17, 15) is 24.3 Å². The molecule has 8 heteroatoms. The van der Waals surface area contributed by atoms with Crippen molar-refractivity contribution in [3.05, 3.63) is 0 Å². The number of hydrogen-bond donors (Lipinski definition) is 3. The molecule has 0 fully saturated rings. The van der Waals surface area contributed by atoms with Crippen molar-refractivity contribution in [2.45, 2.75) is 45.6 Å². The van der Waals surface area contributed by atoms with Crippen LogP contribution in [-0.4, -0.2) is 44.8 Å². The lowest BCUT2D eigenvalue weighted by Crippen LogP contribution is -2.59. The van der Waals surface area contributed by atoms with Gasteiger partial charge in [-0.25, -0.2) is 4.79 Å². The molecule has 114 valence electrons. The average Bonchev–Trinajstić information content (AvgIpc) is 2.28. The number of carbonyl (C=O) groups excluding carboxylic acids is 2. The number of carboxylic acids is 2. The van der Waals surface area contributed by atoms with Gasteiger partial charge in [0.2, 0.25) is 0 Å². The molecule has 0 aliphatic rings. The van der Waals surface area contributed by atoms with Crippen LogP contribution in [0.5, 0.6) is 0 Å². The van der Waals surface area contributed by atoms with Crippen molar-refractivity contribution >= 4 is 23.9 Å². The second-order valence-electron chi connectivity index (χ2n) is 4.41. The van der Waals surface area contributed by atoms with Gasteiger partial charge < -0.3 is 20.1 Å². The smallest absolute Gasteiger partial charge is 0.337 e. The van der Waals surface area contributed by atoms with E-state index in [1.165, 1.54) is 13.8 Å². The number of hydrogen-bond acceptors (Lipinski definition) is 6. The maximum atomic E-state index is 12.0. The molecule has 0 aromatic heterocycles. The summed E-state index contributed by atoms with van der Waals surface area (Å²) in [7, 11) is 0. The predicted molar refractivity (Wildman–Crippen MR) is 64.6 cm³/mol. The normalized spacial score (nSPS) is 14.2. The molecule has 0 saturated heterocycles. The summed E-state index contributed by atoms with van der Waals surface area (Å²) in [5, 5.41) is 28.2. The largest absolute Gasteiger partial charge is 0.481 e. The van der Waals surface area contributed by atoms with Crippen LogP contribution >= 0.6 is 0 Å². The van der Waals surface area contributed by atoms with E-state index >= 15 is 0 Å². The second kappa shape index (κ2) is 6.47. The van der Waals surface area contributed by atoms with Gasteiger partial charge in [0.05, 0.1) is 6.42 Å². The molecule has 0 saturated carbocycles. The Morgan fingerprint density at radius 3 is 1.75 bits per heavy atom. The first-order valence-corrected chi connectivity index (χ1v) is 5.97. The Morgan fingerprint density at radius 2 is 1.50 bits per heavy atom. The lowest BCUT2D eigenvalue weighted by Gasteiger charge is -2.40. The van der Waals surface area contributed by atoms with Gasteiger partial charge in [0.15, 0.2) is 5.60 Å². The van der Waals surface area contributed by atoms with Gasteiger partial charge in [-0.05, 0) is 12.8 Å². The van der Waals surface area contributed by atoms with E-state index < -0.39 is 41.3 Å². The molecule has 0 aromatic carbocycles. The van der Waals surface area contributed by atoms with Crippen LogP contribution in [0.3, 0.4) is 0 Å². The van der Waals surface area contributed by atoms with Crippen molar-refractivity contribution in [1.82, 2.24) is 0 Å². The summed E-state index contributed by atoms with van der Waals surface area (Å²) in [4.78, 5) is 45.0. The molecule has 0 aliphatic heterocycles. The lowest BCUT2D eigenvalue weighted by atomic mass is 9.66. The van der Waals surface area contributed by atoms with Gasteiger partial charge in [-0.2, -0.15) is 0 Å². The summed E-state index contributed by atoms with van der Waals surface area (Å²) in [5.41, 5.74) is -4.89. The van der Waals surface area contributed by atoms with E-state index in [2.05, 4.69) is 4.74 Å². The fraction of sp³-hybridized carbons (Fsp3) is 0.667. The third kappa shape index (κ3) is 3.13. The Bertz CT molecular complexity index is 423. The van der Waals surface area contributed by atoms with Crippen LogP contribution in [0, 0.1) is 5.41 Å². The number of ether oxygens (including phenoxy) is 1. The summed E-state index contributed by atoms with van der Waals surface area (Å²) in [6, 6.07) is 0. The van der Waals surface area contributed by atoms with E-state index in [4.69, 9.17) is 10.2 Å². The highest BCUT2D eigenvalue weighted by Gasteiger charge is 2.60. The summed E-state index contributed by atoms with van der Waals surface area (Å²) in [5.74, 6) is -5.66. The number of aliphatic hydroxyl groups is 1. The number of aliphatic carboxylic acids is 2. The van der Waals surface area contributed by atoms with Crippen LogP contribution in [0.15, 0.2) is 0 Å². The van der Waals surface area contributed by atoms with Gasteiger partial charge in [-0.3, -0.25) is 14.4 Å². The van der Waals surface area contributed by atoms with E-state index in [0.29, 0.717) is 0 Å². The van der Waals surface area contributed by atoms with Gasteiger partial charge in [-0.1, -0.05) is 13.8 Å². The van der Waals surface area contributed by atoms with Crippen LogP contribution in [0.25, 0.3) is 0 Å². The van der Waals surface area contributed by atoms with Crippen LogP contribution in [0.1, 0.15) is 40.0 Å². The Hall–Kier alpha value is -1.96. The third-order valence-electron chi connectivity index (χ3n) is 3.39. The third-order valence-corrected chi connectivity index (χ3v) is 3.39. The second-order valence-corrected chi connectivity index (χ2v) is 4.41. The monoisotopic (exact) mass is 290 g/mol. The molecule has 1 unspecified atom stereocenters. The molecule has 0 aliphatic carbocycles. The Labute approximate surface area is 115 Å². The van der Waals surface area contributed by atoms with Gasteiger partial charge in [0.1, 0.15) is 5.41 Å². The van der Waals surface area contributed by atoms with Crippen molar-refractivity contribution in [1.29, 1.82) is 0 Å². The Morgan fingerprint density at radius 1 is 1.05 bits per heavy atom. The molecule has 0 aromatic rings. The van der Waals surface area contributed by atoms with E-state index in [1.807, 2.05) is 0 Å². The fourth-order valence-electron chi connectivity index (χ4n) is 2.19. The highest BCUT2D eigenvalue weighted by molar-refractivity contribution is 5.96. The van der Waals surface area contributed by atoms with E-state index in [1.54, 1.807) is 0 Å². The van der Waals surface area contributed by atoms with Crippen molar-refractivity contribution < 1.29 is 39.2 Å². The number of carbonyl (C=O) groups is 4. The summed E-state index contributed by atoms with van der Waals surface area (Å²) >= 11 is 0. The first-order chi connectivity index (χ1) is 9.07. The zero-order valence-corrected chi connectivity index (χ0v) is 11.5. The molecular weight excluding hydrogens is 272 g/mol. The number of rotatable bonds is 7. The topological polar surface area (TPSA) is 138 Å². The SMILES string of the molecule is CCC(CC)(C(=O)OC(C)=O)C(O)(CC(=O)O)C(=O)O. The lowest BCUT2D eigenvalue weighted by molar-refractivity contribution is -0.198. The van der Waals surface area contributed by atoms with E-state index in [0.717, 1.165) is 6.92 Å². The van der Waals surface area contributed by atoms with Gasteiger partial charge in [0, 0.05) is 6.92 Å². The van der Waals surface area contributed by atoms with Gasteiger partial charge in [-0.15, -0.1) is 0 Å². The van der Waals surface area contributed by atoms with Crippen LogP contribution in [0.4, 0.5) is 0 Å². The van der Waals surface area contributed by atoms with Crippen molar-refractivity contribution in [3.63, 3.8) is 0 Å². The van der Waals surface area contributed by atoms with Gasteiger partial charge in [0.25, 0.3) is 0 Å². The molecule has 0 radical (unpaired) electrons. The predicted octanol–water partition coefficient (Wildman–Crippen LogP) is 0.173. The molecule has 0 spiro atoms. The minimum Gasteiger partial charge on any atom is -0.481 e. The zero-order chi connectivity index (χ0) is 16.1.